The molecule has 0 spiro atoms. The van der Waals surface area contributed by atoms with Crippen molar-refractivity contribution in [3.8, 4) is 0 Å². The third-order valence-corrected chi connectivity index (χ3v) is 4.76. The number of Topliss-reactive ketones (excluding diaryl/α,β-unsaturated/α-hetero) is 1. The van der Waals surface area contributed by atoms with Crippen LogP contribution in [0.4, 0.5) is 0 Å². The summed E-state index contributed by atoms with van der Waals surface area (Å²) in [6.45, 7) is 0. The van der Waals surface area contributed by atoms with Crippen molar-refractivity contribution in [2.24, 2.45) is 0 Å². The molecule has 0 aliphatic heterocycles. The topological polar surface area (TPSA) is 34.1 Å². The van der Waals surface area contributed by atoms with Gasteiger partial charge in [-0.2, -0.15) is 0 Å². The number of ketones is 1. The van der Waals surface area contributed by atoms with Crippen LogP contribution in [0, 0.1) is 0 Å². The van der Waals surface area contributed by atoms with Crippen LogP contribution in [0.15, 0.2) is 53.4 Å². The molecule has 1 unspecified atom stereocenters. The smallest absolute Gasteiger partial charge is 0.150 e. The molecule has 20 heavy (non-hydrogen) atoms. The fourth-order valence-electron chi connectivity index (χ4n) is 1.75. The standard InChI is InChI=1S/C15H12Cl2O2S/c16-12-6-7-14(17)15(9-12)20(19)10-13(18)8-11-4-2-1-3-5-11/h1-7,9H,8,10H2. The number of hydrogen-bond donors (Lipinski definition) is 0. The summed E-state index contributed by atoms with van der Waals surface area (Å²) < 4.78 is 12.2. The van der Waals surface area contributed by atoms with E-state index in [1.54, 1.807) is 12.1 Å². The summed E-state index contributed by atoms with van der Waals surface area (Å²) in [7, 11) is -1.47. The molecule has 0 heterocycles. The second kappa shape index (κ2) is 7.02. The summed E-state index contributed by atoms with van der Waals surface area (Å²) in [5.74, 6) is -0.153. The summed E-state index contributed by atoms with van der Waals surface area (Å²) in [5, 5.41) is 0.813. The Balaban J connectivity index is 2.04. The molecule has 0 fully saturated rings. The molecule has 0 saturated heterocycles. The van der Waals surface area contributed by atoms with Crippen LogP contribution >= 0.6 is 23.2 Å². The van der Waals surface area contributed by atoms with E-state index in [2.05, 4.69) is 0 Å². The highest BCUT2D eigenvalue weighted by molar-refractivity contribution is 7.86. The van der Waals surface area contributed by atoms with Crippen molar-refractivity contribution in [1.29, 1.82) is 0 Å². The monoisotopic (exact) mass is 326 g/mol. The minimum absolute atomic E-state index is 0.0606. The van der Waals surface area contributed by atoms with Crippen LogP contribution in [0.5, 0.6) is 0 Å². The number of hydrogen-bond acceptors (Lipinski definition) is 2. The average Bonchev–Trinajstić information content (AvgIpc) is 2.42. The van der Waals surface area contributed by atoms with Crippen molar-refractivity contribution < 1.29 is 9.00 Å². The van der Waals surface area contributed by atoms with Gasteiger partial charge in [-0.1, -0.05) is 53.5 Å². The van der Waals surface area contributed by atoms with E-state index in [4.69, 9.17) is 23.2 Å². The van der Waals surface area contributed by atoms with Gasteiger partial charge in [0.05, 0.1) is 26.5 Å². The van der Waals surface area contributed by atoms with Crippen LogP contribution in [0.25, 0.3) is 0 Å². The fraction of sp³-hybridized carbons (Fsp3) is 0.133. The Labute approximate surface area is 130 Å². The maximum absolute atomic E-state index is 12.2. The van der Waals surface area contributed by atoms with Crippen LogP contribution in [-0.4, -0.2) is 15.7 Å². The molecule has 2 rings (SSSR count). The van der Waals surface area contributed by atoms with Gasteiger partial charge in [0.15, 0.2) is 0 Å². The maximum atomic E-state index is 12.2. The van der Waals surface area contributed by atoms with Gasteiger partial charge in [-0.15, -0.1) is 0 Å². The molecule has 104 valence electrons. The highest BCUT2D eigenvalue weighted by atomic mass is 35.5. The van der Waals surface area contributed by atoms with Crippen molar-refractivity contribution in [3.05, 3.63) is 64.1 Å². The summed E-state index contributed by atoms with van der Waals surface area (Å²) in [4.78, 5) is 12.3. The Morgan fingerprint density at radius 3 is 2.45 bits per heavy atom. The summed E-state index contributed by atoms with van der Waals surface area (Å²) >= 11 is 11.8. The first-order chi connectivity index (χ1) is 9.56. The first-order valence-corrected chi connectivity index (χ1v) is 8.03. The highest BCUT2D eigenvalue weighted by Gasteiger charge is 2.14. The van der Waals surface area contributed by atoms with E-state index in [1.165, 1.54) is 6.07 Å². The van der Waals surface area contributed by atoms with Gasteiger partial charge >= 0.3 is 0 Å². The Morgan fingerprint density at radius 1 is 1.05 bits per heavy atom. The molecule has 2 nitrogen and oxygen atoms in total. The lowest BCUT2D eigenvalue weighted by molar-refractivity contribution is -0.116. The summed E-state index contributed by atoms with van der Waals surface area (Å²) in [6.07, 6.45) is 0.269. The lowest BCUT2D eigenvalue weighted by Gasteiger charge is -2.05. The van der Waals surface area contributed by atoms with Gasteiger partial charge in [0.2, 0.25) is 0 Å². The SMILES string of the molecule is O=C(Cc1ccccc1)CS(=O)c1cc(Cl)ccc1Cl. The Bertz CT molecular complexity index is 642. The molecule has 0 aromatic heterocycles. The predicted molar refractivity (Wildman–Crippen MR) is 82.9 cm³/mol. The second-order valence-corrected chi connectivity index (χ2v) is 6.53. The molecule has 0 saturated carbocycles. The van der Waals surface area contributed by atoms with Gasteiger partial charge in [0, 0.05) is 11.4 Å². The minimum Gasteiger partial charge on any atom is -0.298 e. The molecule has 0 N–H and O–H groups in total. The first kappa shape index (κ1) is 15.2. The van der Waals surface area contributed by atoms with Gasteiger partial charge in [-0.05, 0) is 23.8 Å². The number of halogens is 2. The van der Waals surface area contributed by atoms with Crippen LogP contribution in [0.2, 0.25) is 10.0 Å². The normalized spacial score (nSPS) is 12.1. The fourth-order valence-corrected chi connectivity index (χ4v) is 3.46. The van der Waals surface area contributed by atoms with Crippen LogP contribution < -0.4 is 0 Å². The minimum atomic E-state index is -1.47. The molecule has 0 radical (unpaired) electrons. The van der Waals surface area contributed by atoms with Crippen molar-refractivity contribution in [1.82, 2.24) is 0 Å². The highest BCUT2D eigenvalue weighted by Crippen LogP contribution is 2.24. The van der Waals surface area contributed by atoms with Crippen molar-refractivity contribution in [2.45, 2.75) is 11.3 Å². The number of carbonyl (C=O) groups is 1. The average molecular weight is 327 g/mol. The summed E-state index contributed by atoms with van der Waals surface area (Å²) in [5.41, 5.74) is 0.909. The Hall–Kier alpha value is -1.16. The van der Waals surface area contributed by atoms with E-state index < -0.39 is 10.8 Å². The molecular formula is C15H12Cl2O2S. The third-order valence-electron chi connectivity index (χ3n) is 2.67. The predicted octanol–water partition coefficient (Wildman–Crippen LogP) is 3.91. The lowest BCUT2D eigenvalue weighted by atomic mass is 10.1. The molecule has 2 aromatic carbocycles. The molecule has 2 aromatic rings. The van der Waals surface area contributed by atoms with Gasteiger partial charge < -0.3 is 0 Å². The molecule has 0 amide bonds. The van der Waals surface area contributed by atoms with E-state index >= 15 is 0 Å². The molecule has 0 bridgehead atoms. The number of benzene rings is 2. The van der Waals surface area contributed by atoms with Gasteiger partial charge in [-0.25, -0.2) is 0 Å². The lowest BCUT2D eigenvalue weighted by Crippen LogP contribution is -2.13. The number of carbonyl (C=O) groups excluding carboxylic acids is 1. The van der Waals surface area contributed by atoms with Gasteiger partial charge in [0.25, 0.3) is 0 Å². The Kier molecular flexibility index (Phi) is 5.35. The van der Waals surface area contributed by atoms with E-state index in [0.29, 0.717) is 14.9 Å². The quantitative estimate of drug-likeness (QED) is 0.834. The zero-order chi connectivity index (χ0) is 14.5. The van der Waals surface area contributed by atoms with E-state index in [1.807, 2.05) is 30.3 Å². The van der Waals surface area contributed by atoms with Crippen molar-refractivity contribution in [2.75, 3.05) is 5.75 Å². The second-order valence-electron chi connectivity index (χ2n) is 4.27. The molecule has 0 aliphatic rings. The van der Waals surface area contributed by atoms with Gasteiger partial charge in [0.1, 0.15) is 5.78 Å². The van der Waals surface area contributed by atoms with Gasteiger partial charge in [-0.3, -0.25) is 9.00 Å². The van der Waals surface area contributed by atoms with Crippen LogP contribution in [0.1, 0.15) is 5.56 Å². The molecule has 1 atom stereocenters. The van der Waals surface area contributed by atoms with Crippen LogP contribution in [0.3, 0.4) is 0 Å². The van der Waals surface area contributed by atoms with Crippen molar-refractivity contribution >= 4 is 39.8 Å². The first-order valence-electron chi connectivity index (χ1n) is 5.95. The molecule has 0 aliphatic carbocycles. The largest absolute Gasteiger partial charge is 0.298 e. The molecule has 5 heteroatoms. The van der Waals surface area contributed by atoms with E-state index in [9.17, 15) is 9.00 Å². The maximum Gasteiger partial charge on any atom is 0.150 e. The zero-order valence-electron chi connectivity index (χ0n) is 10.5. The van der Waals surface area contributed by atoms with Crippen LogP contribution in [-0.2, 0) is 22.0 Å². The summed E-state index contributed by atoms with van der Waals surface area (Å²) in [6, 6.07) is 14.1. The van der Waals surface area contributed by atoms with Crippen molar-refractivity contribution in [3.63, 3.8) is 0 Å². The van der Waals surface area contributed by atoms with E-state index in [0.717, 1.165) is 5.56 Å². The number of rotatable bonds is 5. The Morgan fingerprint density at radius 2 is 1.75 bits per heavy atom. The third kappa shape index (κ3) is 4.17. The molecular weight excluding hydrogens is 315 g/mol. The zero-order valence-corrected chi connectivity index (χ0v) is 12.8. The van der Waals surface area contributed by atoms with E-state index in [-0.39, 0.29) is 18.0 Å².